The minimum atomic E-state index is -0.218. The summed E-state index contributed by atoms with van der Waals surface area (Å²) < 4.78 is 15.6. The van der Waals surface area contributed by atoms with Crippen LogP contribution in [0.1, 0.15) is 23.0 Å². The SMILES string of the molecule is CCOCCNC(=O)c1c(C)noc1-c1ccc(OC)cc1. The van der Waals surface area contributed by atoms with Gasteiger partial charge in [-0.05, 0) is 38.1 Å². The van der Waals surface area contributed by atoms with Crippen LogP contribution in [0.25, 0.3) is 11.3 Å². The first-order valence-electron chi connectivity index (χ1n) is 7.14. The highest BCUT2D eigenvalue weighted by atomic mass is 16.5. The summed E-state index contributed by atoms with van der Waals surface area (Å²) in [6, 6.07) is 7.28. The summed E-state index contributed by atoms with van der Waals surface area (Å²) in [5.74, 6) is 0.973. The third-order valence-electron chi connectivity index (χ3n) is 3.18. The van der Waals surface area contributed by atoms with Crippen LogP contribution in [0.15, 0.2) is 28.8 Å². The van der Waals surface area contributed by atoms with Crippen molar-refractivity contribution in [2.24, 2.45) is 0 Å². The number of methoxy groups -OCH3 is 1. The van der Waals surface area contributed by atoms with E-state index in [4.69, 9.17) is 14.0 Å². The maximum absolute atomic E-state index is 12.3. The molecule has 2 rings (SSSR count). The number of nitrogens with zero attached hydrogens (tertiary/aromatic N) is 1. The van der Waals surface area contributed by atoms with E-state index in [-0.39, 0.29) is 5.91 Å². The fraction of sp³-hybridized carbons (Fsp3) is 0.375. The van der Waals surface area contributed by atoms with E-state index in [0.717, 1.165) is 11.3 Å². The number of carbonyl (C=O) groups is 1. The van der Waals surface area contributed by atoms with Gasteiger partial charge in [0.15, 0.2) is 5.76 Å². The van der Waals surface area contributed by atoms with Crippen molar-refractivity contribution < 1.29 is 18.8 Å². The molecule has 0 aliphatic heterocycles. The summed E-state index contributed by atoms with van der Waals surface area (Å²) in [5, 5.41) is 6.71. The lowest BCUT2D eigenvalue weighted by Gasteiger charge is -2.06. The molecule has 22 heavy (non-hydrogen) atoms. The van der Waals surface area contributed by atoms with E-state index >= 15 is 0 Å². The summed E-state index contributed by atoms with van der Waals surface area (Å²) in [5.41, 5.74) is 1.78. The van der Waals surface area contributed by atoms with Gasteiger partial charge in [0.1, 0.15) is 11.3 Å². The Kier molecular flexibility index (Phi) is 5.55. The Morgan fingerprint density at radius 1 is 1.32 bits per heavy atom. The topological polar surface area (TPSA) is 73.6 Å². The van der Waals surface area contributed by atoms with E-state index in [2.05, 4.69) is 10.5 Å². The van der Waals surface area contributed by atoms with Gasteiger partial charge in [-0.2, -0.15) is 0 Å². The lowest BCUT2D eigenvalue weighted by atomic mass is 10.1. The van der Waals surface area contributed by atoms with Crippen molar-refractivity contribution in [2.75, 3.05) is 26.9 Å². The number of amides is 1. The predicted octanol–water partition coefficient (Wildman–Crippen LogP) is 2.42. The second kappa shape index (κ2) is 7.61. The fourth-order valence-corrected chi connectivity index (χ4v) is 2.05. The second-order valence-electron chi connectivity index (χ2n) is 4.65. The van der Waals surface area contributed by atoms with Crippen LogP contribution < -0.4 is 10.1 Å². The molecule has 0 fully saturated rings. The number of hydrogen-bond donors (Lipinski definition) is 1. The Hall–Kier alpha value is -2.34. The molecule has 2 aromatic rings. The molecular formula is C16H20N2O4. The van der Waals surface area contributed by atoms with Gasteiger partial charge < -0.3 is 19.3 Å². The number of ether oxygens (including phenoxy) is 2. The predicted molar refractivity (Wildman–Crippen MR) is 82.1 cm³/mol. The van der Waals surface area contributed by atoms with Crippen LogP contribution in [0, 0.1) is 6.92 Å². The number of rotatable bonds is 7. The summed E-state index contributed by atoms with van der Waals surface area (Å²) in [6.07, 6.45) is 0. The van der Waals surface area contributed by atoms with Gasteiger partial charge in [0.2, 0.25) is 0 Å². The number of aryl methyl sites for hydroxylation is 1. The van der Waals surface area contributed by atoms with Crippen LogP contribution in [-0.2, 0) is 4.74 Å². The van der Waals surface area contributed by atoms with Crippen molar-refractivity contribution in [1.82, 2.24) is 10.5 Å². The van der Waals surface area contributed by atoms with Crippen LogP contribution in [0.4, 0.5) is 0 Å². The summed E-state index contributed by atoms with van der Waals surface area (Å²) in [6.45, 7) is 5.20. The Morgan fingerprint density at radius 3 is 2.68 bits per heavy atom. The number of hydrogen-bond acceptors (Lipinski definition) is 5. The van der Waals surface area contributed by atoms with Gasteiger partial charge in [-0.3, -0.25) is 4.79 Å². The molecule has 0 atom stereocenters. The smallest absolute Gasteiger partial charge is 0.257 e. The van der Waals surface area contributed by atoms with E-state index in [1.165, 1.54) is 0 Å². The molecule has 1 N–H and O–H groups in total. The second-order valence-corrected chi connectivity index (χ2v) is 4.65. The quantitative estimate of drug-likeness (QED) is 0.795. The molecule has 0 unspecified atom stereocenters. The zero-order chi connectivity index (χ0) is 15.9. The number of nitrogens with one attached hydrogen (secondary N) is 1. The summed E-state index contributed by atoms with van der Waals surface area (Å²) >= 11 is 0. The standard InChI is InChI=1S/C16H20N2O4/c1-4-21-10-9-17-16(19)14-11(2)18-22-15(14)12-5-7-13(20-3)8-6-12/h5-8H,4,9-10H2,1-3H3,(H,17,19). The third-order valence-corrected chi connectivity index (χ3v) is 3.18. The molecule has 6 nitrogen and oxygen atoms in total. The number of aromatic nitrogens is 1. The highest BCUT2D eigenvalue weighted by Gasteiger charge is 2.21. The molecule has 1 amide bonds. The summed E-state index contributed by atoms with van der Waals surface area (Å²) in [7, 11) is 1.60. The van der Waals surface area contributed by atoms with Crippen molar-refractivity contribution in [3.8, 4) is 17.1 Å². The van der Waals surface area contributed by atoms with Crippen molar-refractivity contribution in [2.45, 2.75) is 13.8 Å². The molecule has 0 saturated heterocycles. The number of benzene rings is 1. The Balaban J connectivity index is 2.17. The third kappa shape index (κ3) is 3.65. The van der Waals surface area contributed by atoms with E-state index in [0.29, 0.717) is 36.8 Å². The van der Waals surface area contributed by atoms with Crippen LogP contribution in [0.3, 0.4) is 0 Å². The van der Waals surface area contributed by atoms with Crippen LogP contribution in [0.2, 0.25) is 0 Å². The zero-order valence-electron chi connectivity index (χ0n) is 13.0. The fourth-order valence-electron chi connectivity index (χ4n) is 2.05. The maximum Gasteiger partial charge on any atom is 0.257 e. The molecule has 0 aliphatic carbocycles. The molecule has 1 heterocycles. The minimum absolute atomic E-state index is 0.218. The Labute approximate surface area is 129 Å². The molecule has 0 saturated carbocycles. The molecule has 0 spiro atoms. The molecule has 0 radical (unpaired) electrons. The van der Waals surface area contributed by atoms with Gasteiger partial charge in [-0.25, -0.2) is 0 Å². The first-order chi connectivity index (χ1) is 10.7. The lowest BCUT2D eigenvalue weighted by Crippen LogP contribution is -2.27. The molecule has 1 aromatic heterocycles. The van der Waals surface area contributed by atoms with E-state index in [1.54, 1.807) is 14.0 Å². The van der Waals surface area contributed by atoms with E-state index in [9.17, 15) is 4.79 Å². The van der Waals surface area contributed by atoms with Gasteiger partial charge in [0, 0.05) is 18.7 Å². The van der Waals surface area contributed by atoms with Gasteiger partial charge in [0.25, 0.3) is 5.91 Å². The highest BCUT2D eigenvalue weighted by molar-refractivity contribution is 6.00. The maximum atomic E-state index is 12.3. The Bertz CT molecular complexity index is 620. The summed E-state index contributed by atoms with van der Waals surface area (Å²) in [4.78, 5) is 12.3. The first-order valence-corrected chi connectivity index (χ1v) is 7.14. The van der Waals surface area contributed by atoms with Crippen LogP contribution in [0.5, 0.6) is 5.75 Å². The van der Waals surface area contributed by atoms with Crippen molar-refractivity contribution in [3.05, 3.63) is 35.5 Å². The van der Waals surface area contributed by atoms with Gasteiger partial charge >= 0.3 is 0 Å². The van der Waals surface area contributed by atoms with Crippen molar-refractivity contribution >= 4 is 5.91 Å². The molecule has 118 valence electrons. The van der Waals surface area contributed by atoms with E-state index < -0.39 is 0 Å². The van der Waals surface area contributed by atoms with Crippen LogP contribution in [-0.4, -0.2) is 37.9 Å². The van der Waals surface area contributed by atoms with Crippen molar-refractivity contribution in [1.29, 1.82) is 0 Å². The Morgan fingerprint density at radius 2 is 2.05 bits per heavy atom. The number of carbonyl (C=O) groups excluding carboxylic acids is 1. The van der Waals surface area contributed by atoms with Gasteiger partial charge in [-0.1, -0.05) is 5.16 Å². The normalized spacial score (nSPS) is 10.5. The largest absolute Gasteiger partial charge is 0.497 e. The molecule has 0 aliphatic rings. The van der Waals surface area contributed by atoms with Crippen LogP contribution >= 0.6 is 0 Å². The minimum Gasteiger partial charge on any atom is -0.497 e. The lowest BCUT2D eigenvalue weighted by molar-refractivity contribution is 0.0922. The zero-order valence-corrected chi connectivity index (χ0v) is 13.0. The molecule has 1 aromatic carbocycles. The van der Waals surface area contributed by atoms with Crippen molar-refractivity contribution in [3.63, 3.8) is 0 Å². The van der Waals surface area contributed by atoms with Gasteiger partial charge in [0.05, 0.1) is 19.4 Å². The monoisotopic (exact) mass is 304 g/mol. The first kappa shape index (κ1) is 16.0. The molecule has 6 heteroatoms. The van der Waals surface area contributed by atoms with Gasteiger partial charge in [-0.15, -0.1) is 0 Å². The average Bonchev–Trinajstić information content (AvgIpc) is 2.93. The molecule has 0 bridgehead atoms. The highest BCUT2D eigenvalue weighted by Crippen LogP contribution is 2.27. The average molecular weight is 304 g/mol. The molecular weight excluding hydrogens is 284 g/mol. The van der Waals surface area contributed by atoms with E-state index in [1.807, 2.05) is 31.2 Å².